The summed E-state index contributed by atoms with van der Waals surface area (Å²) in [6.07, 6.45) is 2.65. The van der Waals surface area contributed by atoms with Gasteiger partial charge < -0.3 is 16.8 Å². The highest BCUT2D eigenvalue weighted by atomic mass is 32.2. The van der Waals surface area contributed by atoms with E-state index in [2.05, 4.69) is 20.3 Å². The number of anilines is 3. The normalized spacial score (nSPS) is 14.8. The van der Waals surface area contributed by atoms with Crippen LogP contribution in [0.1, 0.15) is 50.0 Å². The zero-order chi connectivity index (χ0) is 27.9. The smallest absolute Gasteiger partial charge is 0.267 e. The van der Waals surface area contributed by atoms with Gasteiger partial charge >= 0.3 is 0 Å². The standard InChI is InChI=1S/C26H25FN8O3S/c1-14(31-23-18(13-28)22(29)33-26(30)34-23)24-32-19-10-5-11-20(39(37,38)17-8-2-3-9-17)21(19)25(36)35(24)16-7-4-6-15(27)12-16/h4-7,10-12,14,17H,2-3,8-9H2,1H3,(H5,29,30,31,33,34). The maximum atomic E-state index is 14.3. The molecule has 13 heteroatoms. The summed E-state index contributed by atoms with van der Waals surface area (Å²) in [6, 6.07) is 11.0. The molecular weight excluding hydrogens is 523 g/mol. The molecule has 1 atom stereocenters. The van der Waals surface area contributed by atoms with Crippen LogP contribution in [0.5, 0.6) is 0 Å². The second kappa shape index (κ2) is 9.95. The van der Waals surface area contributed by atoms with Gasteiger partial charge in [-0.2, -0.15) is 15.2 Å². The molecule has 0 radical (unpaired) electrons. The van der Waals surface area contributed by atoms with Gasteiger partial charge in [0.15, 0.2) is 15.7 Å². The van der Waals surface area contributed by atoms with Crippen LogP contribution in [0.2, 0.25) is 0 Å². The molecule has 200 valence electrons. The molecule has 5 N–H and O–H groups in total. The number of benzene rings is 2. The lowest BCUT2D eigenvalue weighted by atomic mass is 10.2. The average Bonchev–Trinajstić information content (AvgIpc) is 3.44. The zero-order valence-corrected chi connectivity index (χ0v) is 21.7. The lowest BCUT2D eigenvalue weighted by Gasteiger charge is -2.22. The van der Waals surface area contributed by atoms with E-state index >= 15 is 0 Å². The van der Waals surface area contributed by atoms with Gasteiger partial charge in [0, 0.05) is 0 Å². The molecule has 0 saturated heterocycles. The first-order chi connectivity index (χ1) is 18.6. The van der Waals surface area contributed by atoms with Gasteiger partial charge in [0.1, 0.15) is 29.1 Å². The van der Waals surface area contributed by atoms with Gasteiger partial charge in [-0.1, -0.05) is 25.0 Å². The SMILES string of the molecule is CC(Nc1nc(N)nc(N)c1C#N)c1nc2cccc(S(=O)(=O)C3CCCC3)c2c(=O)n1-c1cccc(F)c1. The Balaban J connectivity index is 1.76. The number of hydrogen-bond acceptors (Lipinski definition) is 10. The van der Waals surface area contributed by atoms with Crippen molar-refractivity contribution < 1.29 is 12.8 Å². The van der Waals surface area contributed by atoms with Crippen molar-refractivity contribution in [1.29, 1.82) is 5.26 Å². The van der Waals surface area contributed by atoms with Gasteiger partial charge in [0.25, 0.3) is 5.56 Å². The van der Waals surface area contributed by atoms with Crippen molar-refractivity contribution in [3.63, 3.8) is 0 Å². The predicted octanol–water partition coefficient (Wildman–Crippen LogP) is 3.24. The molecule has 2 aromatic carbocycles. The molecule has 2 aromatic heterocycles. The first-order valence-electron chi connectivity index (χ1n) is 12.3. The topological polar surface area (TPSA) is 183 Å². The van der Waals surface area contributed by atoms with Crippen LogP contribution in [0.3, 0.4) is 0 Å². The lowest BCUT2D eigenvalue weighted by Crippen LogP contribution is -2.29. The van der Waals surface area contributed by atoms with Crippen molar-refractivity contribution in [3.05, 3.63) is 70.0 Å². The van der Waals surface area contributed by atoms with Crippen LogP contribution in [0.15, 0.2) is 52.2 Å². The Morgan fingerprint density at radius 2 is 1.85 bits per heavy atom. The number of nitriles is 1. The summed E-state index contributed by atoms with van der Waals surface area (Å²) in [5, 5.41) is 11.9. The van der Waals surface area contributed by atoms with Crippen LogP contribution in [0.4, 0.5) is 22.0 Å². The molecule has 1 unspecified atom stereocenters. The Kier molecular flexibility index (Phi) is 6.65. The van der Waals surface area contributed by atoms with Crippen molar-refractivity contribution in [1.82, 2.24) is 19.5 Å². The molecule has 0 bridgehead atoms. The quantitative estimate of drug-likeness (QED) is 0.323. The Morgan fingerprint density at radius 1 is 1.13 bits per heavy atom. The highest BCUT2D eigenvalue weighted by molar-refractivity contribution is 7.92. The second-order valence-corrected chi connectivity index (χ2v) is 11.6. The van der Waals surface area contributed by atoms with Crippen molar-refractivity contribution in [3.8, 4) is 11.8 Å². The summed E-state index contributed by atoms with van der Waals surface area (Å²) >= 11 is 0. The van der Waals surface area contributed by atoms with Gasteiger partial charge in [0.2, 0.25) is 5.95 Å². The van der Waals surface area contributed by atoms with Crippen LogP contribution in [-0.4, -0.2) is 33.2 Å². The van der Waals surface area contributed by atoms with Crippen LogP contribution < -0.4 is 22.3 Å². The summed E-state index contributed by atoms with van der Waals surface area (Å²) in [4.78, 5) is 26.5. The molecule has 39 heavy (non-hydrogen) atoms. The first kappa shape index (κ1) is 26.1. The highest BCUT2D eigenvalue weighted by Crippen LogP contribution is 2.33. The maximum Gasteiger partial charge on any atom is 0.267 e. The summed E-state index contributed by atoms with van der Waals surface area (Å²) in [5.74, 6) is -0.755. The Hall–Kier alpha value is -4.57. The van der Waals surface area contributed by atoms with E-state index in [1.165, 1.54) is 24.3 Å². The Bertz CT molecular complexity index is 1810. The fourth-order valence-electron chi connectivity index (χ4n) is 4.97. The third-order valence-electron chi connectivity index (χ3n) is 6.81. The van der Waals surface area contributed by atoms with Crippen molar-refractivity contribution >= 4 is 38.3 Å². The summed E-state index contributed by atoms with van der Waals surface area (Å²) in [6.45, 7) is 1.65. The van der Waals surface area contributed by atoms with E-state index < -0.39 is 32.5 Å². The van der Waals surface area contributed by atoms with Gasteiger partial charge in [-0.3, -0.25) is 9.36 Å². The largest absolute Gasteiger partial charge is 0.382 e. The number of nitrogens with zero attached hydrogens (tertiary/aromatic N) is 5. The van der Waals surface area contributed by atoms with E-state index in [0.717, 1.165) is 23.5 Å². The minimum atomic E-state index is -3.82. The van der Waals surface area contributed by atoms with Crippen molar-refractivity contribution in [2.45, 2.75) is 48.8 Å². The second-order valence-electron chi connectivity index (χ2n) is 9.36. The number of fused-ring (bicyclic) bond motifs is 1. The molecule has 4 aromatic rings. The van der Waals surface area contributed by atoms with Crippen LogP contribution in [0.25, 0.3) is 16.6 Å². The minimum Gasteiger partial charge on any atom is -0.382 e. The summed E-state index contributed by atoms with van der Waals surface area (Å²) < 4.78 is 42.6. The number of sulfone groups is 1. The number of nitrogens with one attached hydrogen (secondary N) is 1. The van der Waals surface area contributed by atoms with E-state index in [1.54, 1.807) is 19.1 Å². The number of rotatable bonds is 6. The molecule has 11 nitrogen and oxygen atoms in total. The number of hydrogen-bond donors (Lipinski definition) is 3. The molecule has 2 heterocycles. The van der Waals surface area contributed by atoms with E-state index in [-0.39, 0.29) is 50.5 Å². The molecule has 5 rings (SSSR count). The molecule has 0 spiro atoms. The van der Waals surface area contributed by atoms with E-state index in [9.17, 15) is 22.9 Å². The minimum absolute atomic E-state index is 0.0210. The molecule has 1 aliphatic carbocycles. The average molecular weight is 549 g/mol. The predicted molar refractivity (Wildman–Crippen MR) is 144 cm³/mol. The van der Waals surface area contributed by atoms with Gasteiger partial charge in [0.05, 0.1) is 32.8 Å². The Labute approximate surface area is 223 Å². The molecule has 1 fully saturated rings. The van der Waals surface area contributed by atoms with Crippen LogP contribution >= 0.6 is 0 Å². The number of nitrogens with two attached hydrogens (primary N) is 2. The molecule has 1 saturated carbocycles. The molecule has 0 amide bonds. The van der Waals surface area contributed by atoms with Gasteiger partial charge in [-0.15, -0.1) is 0 Å². The van der Waals surface area contributed by atoms with E-state index in [0.29, 0.717) is 12.8 Å². The third kappa shape index (κ3) is 4.63. The van der Waals surface area contributed by atoms with Gasteiger partial charge in [-0.25, -0.2) is 17.8 Å². The molecule has 0 aliphatic heterocycles. The van der Waals surface area contributed by atoms with Crippen LogP contribution in [-0.2, 0) is 9.84 Å². The number of halogens is 1. The molecular formula is C26H25FN8O3S. The van der Waals surface area contributed by atoms with Crippen molar-refractivity contribution in [2.24, 2.45) is 0 Å². The summed E-state index contributed by atoms with van der Waals surface area (Å²) in [5.41, 5.74) is 11.1. The third-order valence-corrected chi connectivity index (χ3v) is 9.11. The highest BCUT2D eigenvalue weighted by Gasteiger charge is 2.33. The van der Waals surface area contributed by atoms with E-state index in [4.69, 9.17) is 11.5 Å². The fraction of sp³-hybridized carbons (Fsp3) is 0.269. The van der Waals surface area contributed by atoms with E-state index in [1.807, 2.05) is 6.07 Å². The zero-order valence-electron chi connectivity index (χ0n) is 20.9. The van der Waals surface area contributed by atoms with Crippen LogP contribution in [0, 0.1) is 17.1 Å². The summed E-state index contributed by atoms with van der Waals surface area (Å²) in [7, 11) is -3.82. The van der Waals surface area contributed by atoms with Gasteiger partial charge in [-0.05, 0) is 50.1 Å². The fourth-order valence-corrected chi connectivity index (χ4v) is 7.03. The molecule has 1 aliphatic rings. The Morgan fingerprint density at radius 3 is 2.54 bits per heavy atom. The number of nitrogen functional groups attached to an aromatic ring is 2. The van der Waals surface area contributed by atoms with Crippen molar-refractivity contribution in [2.75, 3.05) is 16.8 Å². The lowest BCUT2D eigenvalue weighted by molar-refractivity contribution is 0.580. The first-order valence-corrected chi connectivity index (χ1v) is 13.8. The number of aromatic nitrogens is 4. The monoisotopic (exact) mass is 548 g/mol. The maximum absolute atomic E-state index is 14.3.